The van der Waals surface area contributed by atoms with E-state index in [0.29, 0.717) is 24.4 Å². The van der Waals surface area contributed by atoms with E-state index >= 15 is 0 Å². The van der Waals surface area contributed by atoms with Gasteiger partial charge in [0.15, 0.2) is 5.65 Å². The van der Waals surface area contributed by atoms with E-state index in [2.05, 4.69) is 58.7 Å². The Labute approximate surface area is 207 Å². The molecule has 3 N–H and O–H groups in total. The van der Waals surface area contributed by atoms with Gasteiger partial charge in [-0.15, -0.1) is 10.2 Å². The number of fused-ring (bicyclic) bond motifs is 3. The predicted molar refractivity (Wildman–Crippen MR) is 137 cm³/mol. The third kappa shape index (κ3) is 3.15. The average molecular weight is 473 g/mol. The molecule has 36 heavy (non-hydrogen) atoms. The molecule has 0 aliphatic heterocycles. The summed E-state index contributed by atoms with van der Waals surface area (Å²) in [5.41, 5.74) is 12.6. The molecule has 176 valence electrons. The van der Waals surface area contributed by atoms with Crippen LogP contribution in [0, 0.1) is 17.2 Å². The van der Waals surface area contributed by atoms with Gasteiger partial charge in [0.05, 0.1) is 22.3 Å². The molecule has 0 amide bonds. The minimum atomic E-state index is -0.594. The zero-order chi connectivity index (χ0) is 24.5. The Morgan fingerprint density at radius 3 is 2.39 bits per heavy atom. The Kier molecular flexibility index (Phi) is 4.38. The second-order valence-corrected chi connectivity index (χ2v) is 10.3. The number of benzene rings is 2. The van der Waals surface area contributed by atoms with Crippen LogP contribution in [0.15, 0.2) is 72.8 Å². The lowest BCUT2D eigenvalue weighted by atomic mass is 9.60. The van der Waals surface area contributed by atoms with E-state index in [0.717, 1.165) is 51.8 Å². The quantitative estimate of drug-likeness (QED) is 0.396. The van der Waals surface area contributed by atoms with E-state index in [1.807, 2.05) is 30.3 Å². The average Bonchev–Trinajstić information content (AvgIpc) is 3.67. The van der Waals surface area contributed by atoms with Crippen molar-refractivity contribution in [1.82, 2.24) is 19.6 Å². The lowest BCUT2D eigenvalue weighted by Gasteiger charge is -2.52. The van der Waals surface area contributed by atoms with Gasteiger partial charge in [-0.1, -0.05) is 54.6 Å². The van der Waals surface area contributed by atoms with Crippen molar-refractivity contribution in [2.24, 2.45) is 11.7 Å². The Balaban J connectivity index is 1.35. The molecule has 3 aromatic heterocycles. The summed E-state index contributed by atoms with van der Waals surface area (Å²) in [6.45, 7) is 0. The first kappa shape index (κ1) is 21.2. The molecule has 2 aromatic carbocycles. The van der Waals surface area contributed by atoms with Gasteiger partial charge < -0.3 is 10.8 Å². The van der Waals surface area contributed by atoms with E-state index < -0.39 is 11.1 Å². The summed E-state index contributed by atoms with van der Waals surface area (Å²) in [6, 6.07) is 26.3. The van der Waals surface area contributed by atoms with Gasteiger partial charge in [-0.3, -0.25) is 4.40 Å². The van der Waals surface area contributed by atoms with E-state index in [1.165, 1.54) is 0 Å². The molecule has 0 unspecified atom stereocenters. The highest BCUT2D eigenvalue weighted by atomic mass is 16.3. The first-order valence-electron chi connectivity index (χ1n) is 12.2. The van der Waals surface area contributed by atoms with Crippen LogP contribution in [-0.2, 0) is 5.54 Å². The maximum Gasteiger partial charge on any atom is 0.239 e. The van der Waals surface area contributed by atoms with Crippen LogP contribution in [0.25, 0.3) is 39.1 Å². The first-order chi connectivity index (χ1) is 17.5. The molecular formula is C29H24N6O. The zero-order valence-electron chi connectivity index (χ0n) is 19.6. The first-order valence-corrected chi connectivity index (χ1v) is 12.2. The van der Waals surface area contributed by atoms with E-state index in [4.69, 9.17) is 10.7 Å². The predicted octanol–water partition coefficient (Wildman–Crippen LogP) is 4.57. The van der Waals surface area contributed by atoms with Crippen LogP contribution in [0.5, 0.6) is 0 Å². The van der Waals surface area contributed by atoms with E-state index in [-0.39, 0.29) is 5.82 Å². The molecule has 2 saturated carbocycles. The highest BCUT2D eigenvalue weighted by Gasteiger charge is 2.58. The summed E-state index contributed by atoms with van der Waals surface area (Å²) in [5.74, 6) is 0.649. The van der Waals surface area contributed by atoms with Crippen LogP contribution in [0.1, 0.15) is 37.1 Å². The van der Waals surface area contributed by atoms with Crippen LogP contribution >= 0.6 is 0 Å². The molecular weight excluding hydrogens is 448 g/mol. The van der Waals surface area contributed by atoms with Crippen molar-refractivity contribution in [3.63, 3.8) is 0 Å². The lowest BCUT2D eigenvalue weighted by Crippen LogP contribution is -2.60. The monoisotopic (exact) mass is 472 g/mol. The number of aromatic nitrogens is 4. The highest BCUT2D eigenvalue weighted by Crippen LogP contribution is 2.57. The van der Waals surface area contributed by atoms with Gasteiger partial charge in [0.1, 0.15) is 6.07 Å². The molecule has 3 heterocycles. The van der Waals surface area contributed by atoms with Gasteiger partial charge in [-0.05, 0) is 60.9 Å². The van der Waals surface area contributed by atoms with E-state index in [1.54, 1.807) is 4.40 Å². The number of aliphatic hydroxyl groups is 1. The van der Waals surface area contributed by atoms with Crippen molar-refractivity contribution in [2.75, 3.05) is 0 Å². The van der Waals surface area contributed by atoms with Crippen molar-refractivity contribution in [1.29, 1.82) is 5.26 Å². The summed E-state index contributed by atoms with van der Waals surface area (Å²) in [5, 5.41) is 28.5. The van der Waals surface area contributed by atoms with Crippen LogP contribution in [0.4, 0.5) is 0 Å². The van der Waals surface area contributed by atoms with Crippen LogP contribution in [0.2, 0.25) is 0 Å². The molecule has 7 heteroatoms. The van der Waals surface area contributed by atoms with Crippen molar-refractivity contribution < 1.29 is 5.11 Å². The number of nitrogens with zero attached hydrogens (tertiary/aromatic N) is 5. The molecule has 0 atom stereocenters. The lowest BCUT2D eigenvalue weighted by molar-refractivity contribution is -0.106. The normalized spacial score (nSPS) is 23.5. The smallest absolute Gasteiger partial charge is 0.239 e. The fourth-order valence-corrected chi connectivity index (χ4v) is 5.86. The molecule has 7 rings (SSSR count). The molecule has 7 nitrogen and oxygen atoms in total. The minimum Gasteiger partial charge on any atom is -0.389 e. The fraction of sp³-hybridized carbons (Fsp3) is 0.241. The summed E-state index contributed by atoms with van der Waals surface area (Å²) >= 11 is 0. The molecule has 0 saturated heterocycles. The third-order valence-electron chi connectivity index (χ3n) is 7.85. The Bertz CT molecular complexity index is 1670. The molecule has 5 aromatic rings. The molecule has 2 aliphatic carbocycles. The molecule has 0 spiro atoms. The summed E-state index contributed by atoms with van der Waals surface area (Å²) in [7, 11) is 0. The number of nitrogens with two attached hydrogens (primary N) is 1. The van der Waals surface area contributed by atoms with Crippen molar-refractivity contribution >= 4 is 16.7 Å². The Hall–Kier alpha value is -4.12. The Morgan fingerprint density at radius 1 is 0.944 bits per heavy atom. The van der Waals surface area contributed by atoms with Crippen molar-refractivity contribution in [2.45, 2.75) is 36.8 Å². The summed E-state index contributed by atoms with van der Waals surface area (Å²) in [6.07, 6.45) is 3.45. The van der Waals surface area contributed by atoms with Crippen LogP contribution in [-0.4, -0.2) is 30.3 Å². The number of hydrogen-bond donors (Lipinski definition) is 2. The number of hydrogen-bond acceptors (Lipinski definition) is 6. The molecule has 0 radical (unpaired) electrons. The minimum absolute atomic E-state index is 0.230. The maximum absolute atomic E-state index is 10.8. The van der Waals surface area contributed by atoms with Crippen molar-refractivity contribution in [3.8, 4) is 28.5 Å². The highest BCUT2D eigenvalue weighted by molar-refractivity contribution is 5.91. The SMILES string of the molecule is N#Cc1nnc2ccc3nc(-c4ccc([C@]5(N)C[C@@](O)(C6CC6)C5)cc4)c(-c4ccccc4)cc3n12. The number of rotatable bonds is 4. The van der Waals surface area contributed by atoms with E-state index in [9.17, 15) is 10.4 Å². The largest absolute Gasteiger partial charge is 0.389 e. The maximum atomic E-state index is 10.8. The zero-order valence-corrected chi connectivity index (χ0v) is 19.6. The summed E-state index contributed by atoms with van der Waals surface area (Å²) in [4.78, 5) is 5.05. The van der Waals surface area contributed by atoms with Gasteiger partial charge in [0, 0.05) is 16.7 Å². The topological polar surface area (TPSA) is 113 Å². The van der Waals surface area contributed by atoms with Gasteiger partial charge >= 0.3 is 0 Å². The van der Waals surface area contributed by atoms with Gasteiger partial charge in [0.25, 0.3) is 0 Å². The molecule has 0 bridgehead atoms. The van der Waals surface area contributed by atoms with Gasteiger partial charge in [0.2, 0.25) is 5.82 Å². The summed E-state index contributed by atoms with van der Waals surface area (Å²) < 4.78 is 1.75. The fourth-order valence-electron chi connectivity index (χ4n) is 5.86. The third-order valence-corrected chi connectivity index (χ3v) is 7.85. The number of nitriles is 1. The van der Waals surface area contributed by atoms with Crippen molar-refractivity contribution in [3.05, 3.63) is 84.2 Å². The molecule has 2 fully saturated rings. The second kappa shape index (κ2) is 7.44. The standard InChI is InChI=1S/C29H24N6O/c30-15-26-34-33-25-13-12-23-24(35(25)26)14-22(18-4-2-1-3-5-18)27(32-23)19-6-8-20(9-7-19)28(31)16-29(36,17-28)21-10-11-21/h1-9,12-14,21,36H,10-11,16-17,31H2/t28-,29-. The second-order valence-electron chi connectivity index (χ2n) is 10.3. The Morgan fingerprint density at radius 2 is 1.69 bits per heavy atom. The van der Waals surface area contributed by atoms with Gasteiger partial charge in [-0.25, -0.2) is 4.98 Å². The van der Waals surface area contributed by atoms with Crippen LogP contribution in [0.3, 0.4) is 0 Å². The van der Waals surface area contributed by atoms with Crippen LogP contribution < -0.4 is 5.73 Å². The number of pyridine rings is 2. The molecule has 2 aliphatic rings. The van der Waals surface area contributed by atoms with Gasteiger partial charge in [-0.2, -0.15) is 5.26 Å².